The fraction of sp³-hybridized carbons (Fsp3) is 0.429. The Labute approximate surface area is 200 Å². The first-order valence-corrected chi connectivity index (χ1v) is 12.1. The van der Waals surface area contributed by atoms with Crippen LogP contribution in [0.25, 0.3) is 0 Å². The van der Waals surface area contributed by atoms with E-state index < -0.39 is 11.9 Å². The van der Waals surface area contributed by atoms with E-state index in [9.17, 15) is 9.59 Å². The molecule has 2 aromatic rings. The number of benzene rings is 2. The van der Waals surface area contributed by atoms with Crippen LogP contribution < -0.4 is 0 Å². The molecule has 1 saturated carbocycles. The molecule has 6 nitrogen and oxygen atoms in total. The predicted molar refractivity (Wildman–Crippen MR) is 127 cm³/mol. The van der Waals surface area contributed by atoms with Crippen molar-refractivity contribution in [1.29, 1.82) is 0 Å². The van der Waals surface area contributed by atoms with E-state index in [0.29, 0.717) is 23.0 Å². The van der Waals surface area contributed by atoms with E-state index in [1.165, 1.54) is 0 Å². The fourth-order valence-electron chi connectivity index (χ4n) is 4.89. The lowest BCUT2D eigenvalue weighted by Gasteiger charge is -2.34. The first kappa shape index (κ1) is 24.0. The Bertz CT molecular complexity index is 1030. The minimum Gasteiger partial charge on any atom is -0.293 e. The van der Waals surface area contributed by atoms with Gasteiger partial charge in [0.25, 0.3) is 0 Å². The standard InChI is InChI=1S/C28H32O6/c1-19-7-3-5-9-25(19)27(29)33-31-23-15-11-21(12-16-23)22-13-17-24(18-14-22)32-34-28(30)26-10-6-4-8-20(26)2/h3-10,15,21-22,24H,11-14,16-18H2,1-2H3. The predicted octanol–water partition coefficient (Wildman–Crippen LogP) is 6.42. The molecule has 0 aromatic heterocycles. The summed E-state index contributed by atoms with van der Waals surface area (Å²) >= 11 is 0. The van der Waals surface area contributed by atoms with Crippen molar-refractivity contribution in [2.75, 3.05) is 0 Å². The maximum atomic E-state index is 12.2. The van der Waals surface area contributed by atoms with Crippen LogP contribution in [0.4, 0.5) is 0 Å². The van der Waals surface area contributed by atoms with E-state index in [-0.39, 0.29) is 6.10 Å². The molecular weight excluding hydrogens is 432 g/mol. The molecule has 0 heterocycles. The second-order valence-corrected chi connectivity index (χ2v) is 9.29. The summed E-state index contributed by atoms with van der Waals surface area (Å²) in [5, 5.41) is 0. The number of aryl methyl sites for hydroxylation is 2. The van der Waals surface area contributed by atoms with Gasteiger partial charge in [-0.3, -0.25) is 9.78 Å². The maximum absolute atomic E-state index is 12.2. The van der Waals surface area contributed by atoms with Crippen molar-refractivity contribution in [1.82, 2.24) is 0 Å². The van der Waals surface area contributed by atoms with Crippen molar-refractivity contribution in [3.05, 3.63) is 82.6 Å². The van der Waals surface area contributed by atoms with Crippen molar-refractivity contribution >= 4 is 11.9 Å². The molecule has 2 aliphatic rings. The van der Waals surface area contributed by atoms with Crippen LogP contribution in [0, 0.1) is 25.7 Å². The van der Waals surface area contributed by atoms with Crippen LogP contribution in [-0.2, 0) is 19.6 Å². The van der Waals surface area contributed by atoms with Gasteiger partial charge in [0.05, 0.1) is 11.1 Å². The van der Waals surface area contributed by atoms with Crippen molar-refractivity contribution in [3.63, 3.8) is 0 Å². The second-order valence-electron chi connectivity index (χ2n) is 9.29. The average molecular weight is 465 g/mol. The number of carbonyl (C=O) groups excluding carboxylic acids is 2. The highest BCUT2D eigenvalue weighted by molar-refractivity contribution is 5.91. The molecule has 1 unspecified atom stereocenters. The summed E-state index contributed by atoms with van der Waals surface area (Å²) in [6.07, 6.45) is 8.52. The number of hydrogen-bond acceptors (Lipinski definition) is 6. The number of allylic oxidation sites excluding steroid dienone is 2. The molecule has 34 heavy (non-hydrogen) atoms. The summed E-state index contributed by atoms with van der Waals surface area (Å²) in [5.74, 6) is 1.00. The second kappa shape index (κ2) is 11.3. The molecule has 2 aromatic carbocycles. The molecule has 0 bridgehead atoms. The van der Waals surface area contributed by atoms with Crippen LogP contribution in [0.1, 0.15) is 76.8 Å². The smallest absolute Gasteiger partial charge is 0.293 e. The molecule has 1 fully saturated rings. The zero-order valence-corrected chi connectivity index (χ0v) is 19.8. The molecule has 180 valence electrons. The Morgan fingerprint density at radius 3 is 1.88 bits per heavy atom. The summed E-state index contributed by atoms with van der Waals surface area (Å²) in [6.45, 7) is 3.75. The minimum atomic E-state index is -0.470. The lowest BCUT2D eigenvalue weighted by molar-refractivity contribution is -0.281. The average Bonchev–Trinajstić information content (AvgIpc) is 2.87. The van der Waals surface area contributed by atoms with E-state index >= 15 is 0 Å². The monoisotopic (exact) mass is 464 g/mol. The third kappa shape index (κ3) is 6.06. The Morgan fingerprint density at radius 1 is 0.735 bits per heavy atom. The van der Waals surface area contributed by atoms with Crippen LogP contribution in [0.3, 0.4) is 0 Å². The van der Waals surface area contributed by atoms with Gasteiger partial charge in [-0.25, -0.2) is 14.5 Å². The van der Waals surface area contributed by atoms with E-state index in [1.54, 1.807) is 12.1 Å². The Kier molecular flexibility index (Phi) is 8.01. The first-order valence-electron chi connectivity index (χ1n) is 12.1. The fourth-order valence-corrected chi connectivity index (χ4v) is 4.89. The van der Waals surface area contributed by atoms with Gasteiger partial charge in [-0.05, 0) is 93.5 Å². The highest BCUT2D eigenvalue weighted by Crippen LogP contribution is 2.38. The maximum Gasteiger partial charge on any atom is 0.386 e. The zero-order valence-electron chi connectivity index (χ0n) is 19.8. The number of rotatable bonds is 7. The Balaban J connectivity index is 1.17. The van der Waals surface area contributed by atoms with Gasteiger partial charge in [-0.1, -0.05) is 36.4 Å². The first-order chi connectivity index (χ1) is 16.5. The van der Waals surface area contributed by atoms with Crippen molar-refractivity contribution < 1.29 is 29.1 Å². The van der Waals surface area contributed by atoms with Crippen LogP contribution in [0.5, 0.6) is 0 Å². The molecule has 0 aliphatic heterocycles. The lowest BCUT2D eigenvalue weighted by Crippen LogP contribution is -2.28. The van der Waals surface area contributed by atoms with E-state index in [4.69, 9.17) is 19.6 Å². The normalized spacial score (nSPS) is 22.4. The molecule has 0 saturated heterocycles. The molecule has 4 rings (SSSR count). The van der Waals surface area contributed by atoms with Crippen molar-refractivity contribution in [2.45, 2.75) is 64.9 Å². The lowest BCUT2D eigenvalue weighted by atomic mass is 9.74. The minimum absolute atomic E-state index is 0.0527. The quantitative estimate of drug-likeness (QED) is 0.348. The highest BCUT2D eigenvalue weighted by Gasteiger charge is 2.31. The van der Waals surface area contributed by atoms with Crippen molar-refractivity contribution in [3.8, 4) is 0 Å². The Hall–Kier alpha value is -3.12. The third-order valence-electron chi connectivity index (χ3n) is 7.01. The van der Waals surface area contributed by atoms with Crippen LogP contribution >= 0.6 is 0 Å². The third-order valence-corrected chi connectivity index (χ3v) is 7.01. The summed E-state index contributed by atoms with van der Waals surface area (Å²) in [4.78, 5) is 45.5. The van der Waals surface area contributed by atoms with E-state index in [1.807, 2.05) is 56.3 Å². The number of hydrogen-bond donors (Lipinski definition) is 0. The molecule has 0 radical (unpaired) electrons. The highest BCUT2D eigenvalue weighted by atomic mass is 17.2. The molecule has 0 spiro atoms. The SMILES string of the molecule is Cc1ccccc1C(=O)OOC1=CCC(C2CCC(OOC(=O)c3ccccc3C)CC2)CC1. The largest absolute Gasteiger partial charge is 0.386 e. The van der Waals surface area contributed by atoms with Crippen LogP contribution in [-0.4, -0.2) is 18.0 Å². The van der Waals surface area contributed by atoms with Crippen molar-refractivity contribution in [2.24, 2.45) is 11.8 Å². The molecule has 0 N–H and O–H groups in total. The van der Waals surface area contributed by atoms with Gasteiger partial charge in [0.2, 0.25) is 0 Å². The topological polar surface area (TPSA) is 71.1 Å². The van der Waals surface area contributed by atoms with Gasteiger partial charge in [-0.2, -0.15) is 4.89 Å². The van der Waals surface area contributed by atoms with E-state index in [2.05, 4.69) is 0 Å². The zero-order chi connectivity index (χ0) is 23.9. The van der Waals surface area contributed by atoms with Gasteiger partial charge in [0.1, 0.15) is 6.10 Å². The number of carbonyl (C=O) groups is 2. The Morgan fingerprint density at radius 2 is 1.32 bits per heavy atom. The van der Waals surface area contributed by atoms with Crippen LogP contribution in [0.2, 0.25) is 0 Å². The van der Waals surface area contributed by atoms with Gasteiger partial charge in [0, 0.05) is 6.42 Å². The summed E-state index contributed by atoms with van der Waals surface area (Å²) in [5.41, 5.74) is 2.78. The molecule has 6 heteroatoms. The van der Waals surface area contributed by atoms with Gasteiger partial charge in [0.15, 0.2) is 5.76 Å². The molecular formula is C28H32O6. The summed E-state index contributed by atoms with van der Waals surface area (Å²) in [6, 6.07) is 14.6. The van der Waals surface area contributed by atoms with Crippen LogP contribution in [0.15, 0.2) is 60.4 Å². The van der Waals surface area contributed by atoms with Gasteiger partial charge in [-0.15, -0.1) is 0 Å². The van der Waals surface area contributed by atoms with Gasteiger partial charge < -0.3 is 0 Å². The molecule has 1 atom stereocenters. The van der Waals surface area contributed by atoms with Gasteiger partial charge >= 0.3 is 11.9 Å². The molecule has 0 amide bonds. The van der Waals surface area contributed by atoms with E-state index in [0.717, 1.165) is 61.8 Å². The summed E-state index contributed by atoms with van der Waals surface area (Å²) in [7, 11) is 0. The molecule has 2 aliphatic carbocycles. The summed E-state index contributed by atoms with van der Waals surface area (Å²) < 4.78 is 0.